The highest BCUT2D eigenvalue weighted by molar-refractivity contribution is 6.17. The molecule has 4 rings (SSSR count). The number of dihydropyridines is 1. The minimum Gasteiger partial charge on any atom is -0.398 e. The molecule has 0 aliphatic carbocycles. The van der Waals surface area contributed by atoms with Crippen molar-refractivity contribution in [1.29, 1.82) is 5.41 Å². The molecule has 12 heteroatoms. The molecule has 1 aliphatic rings. The van der Waals surface area contributed by atoms with E-state index in [2.05, 4.69) is 25.6 Å². The van der Waals surface area contributed by atoms with Gasteiger partial charge in [-0.05, 0) is 56.7 Å². The zero-order chi connectivity index (χ0) is 29.1. The predicted octanol–water partition coefficient (Wildman–Crippen LogP) is 3.17. The maximum absolute atomic E-state index is 14.5. The fourth-order valence-corrected chi connectivity index (χ4v) is 4.47. The first kappa shape index (κ1) is 28.1. The lowest BCUT2D eigenvalue weighted by Gasteiger charge is -2.25. The molecule has 0 spiro atoms. The van der Waals surface area contributed by atoms with E-state index < -0.39 is 30.0 Å². The van der Waals surface area contributed by atoms with Crippen molar-refractivity contribution >= 4 is 51.5 Å². The quantitative estimate of drug-likeness (QED) is 0.188. The molecular weight excluding hydrogens is 521 g/mol. The number of carbonyl (C=O) groups excluding carboxylic acids is 1. The number of anilines is 2. The fraction of sp³-hybridized carbons (Fsp3) is 0.214. The Morgan fingerprint density at radius 3 is 2.67 bits per heavy atom. The van der Waals surface area contributed by atoms with Gasteiger partial charge in [0, 0.05) is 51.1 Å². The van der Waals surface area contributed by atoms with Crippen molar-refractivity contribution in [2.45, 2.75) is 39.8 Å². The summed E-state index contributed by atoms with van der Waals surface area (Å²) in [5, 5.41) is 14.8. The Morgan fingerprint density at radius 2 is 2.02 bits per heavy atom. The Kier molecular flexibility index (Phi) is 8.08. The lowest BCUT2D eigenvalue weighted by atomic mass is 10.0. The average Bonchev–Trinajstić information content (AvgIpc) is 3.31. The van der Waals surface area contributed by atoms with Crippen molar-refractivity contribution < 1.29 is 18.0 Å². The molecule has 8 N–H and O–H groups in total. The minimum absolute atomic E-state index is 0.0782. The van der Waals surface area contributed by atoms with Gasteiger partial charge in [0.15, 0.2) is 11.9 Å². The molecule has 3 heterocycles. The summed E-state index contributed by atoms with van der Waals surface area (Å²) in [6.45, 7) is 5.49. The maximum Gasteiger partial charge on any atom is 0.277 e. The highest BCUT2D eigenvalue weighted by atomic mass is 19.3. The number of aliphatic imine (C=N–C) groups is 1. The number of rotatable bonds is 8. The number of nitrogens with one attached hydrogen (secondary N) is 4. The van der Waals surface area contributed by atoms with Crippen LogP contribution in [0.4, 0.5) is 24.7 Å². The molecule has 1 aromatic carbocycles. The van der Waals surface area contributed by atoms with Crippen molar-refractivity contribution in [2.75, 3.05) is 11.1 Å². The van der Waals surface area contributed by atoms with Crippen LogP contribution < -0.4 is 32.7 Å². The largest absolute Gasteiger partial charge is 0.398 e. The second-order valence-corrected chi connectivity index (χ2v) is 9.15. The third-order valence-corrected chi connectivity index (χ3v) is 6.61. The first-order chi connectivity index (χ1) is 19.1. The van der Waals surface area contributed by atoms with Gasteiger partial charge < -0.3 is 32.5 Å². The van der Waals surface area contributed by atoms with Crippen LogP contribution in [-0.4, -0.2) is 40.4 Å². The van der Waals surface area contributed by atoms with E-state index in [4.69, 9.17) is 16.9 Å². The number of allylic oxidation sites excluding steroid dienone is 3. The third-order valence-electron chi connectivity index (χ3n) is 6.61. The number of halogens is 3. The summed E-state index contributed by atoms with van der Waals surface area (Å²) in [5.41, 5.74) is 14.6. The monoisotopic (exact) mass is 550 g/mol. The van der Waals surface area contributed by atoms with E-state index in [0.717, 1.165) is 23.9 Å². The van der Waals surface area contributed by atoms with Gasteiger partial charge in [-0.15, -0.1) is 0 Å². The lowest BCUT2D eigenvalue weighted by Crippen LogP contribution is -2.40. The van der Waals surface area contributed by atoms with Crippen LogP contribution in [0.3, 0.4) is 0 Å². The summed E-state index contributed by atoms with van der Waals surface area (Å²) in [5.74, 6) is -1.38. The molecule has 0 radical (unpaired) electrons. The van der Waals surface area contributed by atoms with Crippen molar-refractivity contribution in [3.05, 3.63) is 75.8 Å². The van der Waals surface area contributed by atoms with Gasteiger partial charge in [-0.2, -0.15) is 0 Å². The van der Waals surface area contributed by atoms with Crippen molar-refractivity contribution in [3.63, 3.8) is 0 Å². The van der Waals surface area contributed by atoms with E-state index in [0.29, 0.717) is 50.4 Å². The molecule has 9 nitrogen and oxygen atoms in total. The molecule has 0 saturated carbocycles. The number of aromatic nitrogens is 2. The number of nitrogen functional groups attached to an aromatic ring is 1. The van der Waals surface area contributed by atoms with Gasteiger partial charge in [-0.3, -0.25) is 4.79 Å². The zero-order valence-electron chi connectivity index (χ0n) is 22.1. The number of primary amides is 1. The first-order valence-electron chi connectivity index (χ1n) is 12.4. The number of pyridine rings is 1. The zero-order valence-corrected chi connectivity index (χ0v) is 22.1. The number of nitrogens with zero attached hydrogens (tertiary/aromatic N) is 2. The minimum atomic E-state index is -2.81. The maximum atomic E-state index is 14.5. The number of carbonyl (C=O) groups is 1. The standard InChI is InChI=1S/C28H29F3N8O/c1-4-13(2)21-22-16(12-32)18(33)8-10-19(22)37-23(21)24(26(34)40)36-14(3)15-6-5-11-35-27(15)39-28-17(29)7-9-20(38-28)25(30)31/h5-12,25,28,32,37-38H,4,33H2,1-3H3,(H2,34,40)(H,35,39)/b21-13+,24-23+,32-12?,36-14?. The van der Waals surface area contributed by atoms with Crippen LogP contribution in [0.2, 0.25) is 0 Å². The summed E-state index contributed by atoms with van der Waals surface area (Å²) >= 11 is 0. The van der Waals surface area contributed by atoms with Crippen LogP contribution in [0.25, 0.3) is 22.2 Å². The summed E-state index contributed by atoms with van der Waals surface area (Å²) in [6, 6.07) is 6.69. The van der Waals surface area contributed by atoms with Crippen molar-refractivity contribution in [2.24, 2.45) is 10.7 Å². The second-order valence-electron chi connectivity index (χ2n) is 9.15. The van der Waals surface area contributed by atoms with Gasteiger partial charge in [0.25, 0.3) is 12.3 Å². The van der Waals surface area contributed by atoms with Gasteiger partial charge in [0.05, 0.1) is 11.0 Å². The van der Waals surface area contributed by atoms with Crippen LogP contribution in [0.1, 0.15) is 38.3 Å². The van der Waals surface area contributed by atoms with E-state index >= 15 is 0 Å². The molecular formula is C28H29F3N8O. The number of amides is 1. The summed E-state index contributed by atoms with van der Waals surface area (Å²) < 4.78 is 40.9. The molecule has 1 unspecified atom stereocenters. The Balaban J connectivity index is 1.91. The van der Waals surface area contributed by atoms with Crippen LogP contribution >= 0.6 is 0 Å². The Bertz CT molecular complexity index is 1720. The lowest BCUT2D eigenvalue weighted by molar-refractivity contribution is -0.113. The van der Waals surface area contributed by atoms with E-state index in [1.54, 1.807) is 31.2 Å². The molecule has 0 bridgehead atoms. The smallest absolute Gasteiger partial charge is 0.277 e. The third kappa shape index (κ3) is 5.33. The summed E-state index contributed by atoms with van der Waals surface area (Å²) in [4.78, 5) is 24.8. The van der Waals surface area contributed by atoms with Crippen LogP contribution in [0.15, 0.2) is 59.1 Å². The van der Waals surface area contributed by atoms with Gasteiger partial charge in [-0.1, -0.05) is 12.5 Å². The SMILES string of the molecule is CC/C(C)=c1/c(=C(\N=C(C)c2cccnc2NC2NC(C(F)F)=CC=C2F)C(N)=O)[nH]c2ccc(N)c(C=N)c12. The van der Waals surface area contributed by atoms with E-state index in [-0.39, 0.29) is 11.5 Å². The van der Waals surface area contributed by atoms with E-state index in [9.17, 15) is 18.0 Å². The van der Waals surface area contributed by atoms with Crippen molar-refractivity contribution in [1.82, 2.24) is 15.3 Å². The molecule has 3 aromatic rings. The number of H-pyrrole nitrogens is 1. The molecule has 208 valence electrons. The number of fused-ring (bicyclic) bond motifs is 1. The van der Waals surface area contributed by atoms with Gasteiger partial charge in [0.1, 0.15) is 11.6 Å². The number of aromatic amines is 1. The number of hydrogen-bond acceptors (Lipinski definition) is 7. The van der Waals surface area contributed by atoms with E-state index in [1.807, 2.05) is 13.8 Å². The normalized spacial score (nSPS) is 17.2. The summed E-state index contributed by atoms with van der Waals surface area (Å²) in [6.07, 6.45) is 1.08. The number of hydrogen-bond donors (Lipinski definition) is 6. The van der Waals surface area contributed by atoms with Crippen LogP contribution in [0, 0.1) is 5.41 Å². The molecule has 2 aromatic heterocycles. The Morgan fingerprint density at radius 1 is 1.27 bits per heavy atom. The number of alkyl halides is 2. The number of benzene rings is 1. The van der Waals surface area contributed by atoms with Gasteiger partial charge >= 0.3 is 0 Å². The first-order valence-corrected chi connectivity index (χ1v) is 12.4. The highest BCUT2D eigenvalue weighted by Gasteiger charge is 2.24. The predicted molar refractivity (Wildman–Crippen MR) is 152 cm³/mol. The van der Waals surface area contributed by atoms with Crippen LogP contribution in [0.5, 0.6) is 0 Å². The Labute approximate surface area is 227 Å². The second kappa shape index (κ2) is 11.5. The number of nitrogens with two attached hydrogens (primary N) is 2. The highest BCUT2D eigenvalue weighted by Crippen LogP contribution is 2.22. The molecule has 1 aliphatic heterocycles. The topological polar surface area (TPSA) is 158 Å². The van der Waals surface area contributed by atoms with E-state index in [1.165, 1.54) is 6.20 Å². The molecule has 0 saturated heterocycles. The average molecular weight is 551 g/mol. The van der Waals surface area contributed by atoms with Crippen molar-refractivity contribution in [3.8, 4) is 0 Å². The molecule has 1 atom stereocenters. The van der Waals surface area contributed by atoms with Crippen LogP contribution in [-0.2, 0) is 4.79 Å². The van der Waals surface area contributed by atoms with Gasteiger partial charge in [-0.25, -0.2) is 23.1 Å². The molecule has 0 fully saturated rings. The molecule has 1 amide bonds. The Hall–Kier alpha value is -4.87. The fourth-order valence-electron chi connectivity index (χ4n) is 4.47. The van der Waals surface area contributed by atoms with Gasteiger partial charge in [0.2, 0.25) is 0 Å². The molecule has 40 heavy (non-hydrogen) atoms. The summed E-state index contributed by atoms with van der Waals surface area (Å²) in [7, 11) is 0.